The molecule has 0 saturated carbocycles. The first-order valence-electron chi connectivity index (χ1n) is 4.21. The quantitative estimate of drug-likeness (QED) is 0.799. The van der Waals surface area contributed by atoms with Crippen molar-refractivity contribution in [1.82, 2.24) is 14.8 Å². The van der Waals surface area contributed by atoms with Crippen molar-refractivity contribution in [1.29, 1.82) is 0 Å². The summed E-state index contributed by atoms with van der Waals surface area (Å²) in [5.74, 6) is 0. The van der Waals surface area contributed by atoms with Crippen molar-refractivity contribution in [2.24, 2.45) is 7.05 Å². The Morgan fingerprint density at radius 1 is 1.36 bits per heavy atom. The van der Waals surface area contributed by atoms with Crippen LogP contribution in [0.15, 0.2) is 9.98 Å². The zero-order valence-corrected chi connectivity index (χ0v) is 10.6. The van der Waals surface area contributed by atoms with Crippen LogP contribution in [-0.4, -0.2) is 14.8 Å². The normalized spacial score (nSPS) is 10.9. The fourth-order valence-corrected chi connectivity index (χ4v) is 2.71. The highest BCUT2D eigenvalue weighted by Gasteiger charge is 2.11. The van der Waals surface area contributed by atoms with Crippen LogP contribution in [-0.2, 0) is 7.05 Å². The standard InChI is InChI=1S/C9H10BrN3S/c1-5-7(4-13(3)12-5)9-11-6(2)8(10)14-9/h4H,1-3H3. The molecule has 2 aromatic rings. The molecular formula is C9H10BrN3S. The van der Waals surface area contributed by atoms with E-state index in [-0.39, 0.29) is 0 Å². The third-order valence-corrected chi connectivity index (χ3v) is 4.02. The number of hydrogen-bond donors (Lipinski definition) is 0. The minimum Gasteiger partial charge on any atom is -0.275 e. The fourth-order valence-electron chi connectivity index (χ4n) is 1.30. The van der Waals surface area contributed by atoms with Gasteiger partial charge in [-0.1, -0.05) is 0 Å². The van der Waals surface area contributed by atoms with Gasteiger partial charge in [-0.2, -0.15) is 5.10 Å². The molecule has 0 aromatic carbocycles. The van der Waals surface area contributed by atoms with Gasteiger partial charge in [-0.3, -0.25) is 4.68 Å². The summed E-state index contributed by atoms with van der Waals surface area (Å²) in [6.45, 7) is 4.00. The van der Waals surface area contributed by atoms with Crippen molar-refractivity contribution in [2.45, 2.75) is 13.8 Å². The zero-order valence-electron chi connectivity index (χ0n) is 8.21. The lowest BCUT2D eigenvalue weighted by Gasteiger charge is -1.89. The summed E-state index contributed by atoms with van der Waals surface area (Å²) in [7, 11) is 1.92. The van der Waals surface area contributed by atoms with Crippen molar-refractivity contribution in [3.8, 4) is 10.6 Å². The maximum absolute atomic E-state index is 4.47. The molecule has 0 radical (unpaired) electrons. The minimum absolute atomic E-state index is 1.02. The molecule has 0 saturated heterocycles. The lowest BCUT2D eigenvalue weighted by molar-refractivity contribution is 0.756. The van der Waals surface area contributed by atoms with Gasteiger partial charge in [0.05, 0.1) is 20.7 Å². The molecule has 0 atom stereocenters. The highest BCUT2D eigenvalue weighted by atomic mass is 79.9. The van der Waals surface area contributed by atoms with E-state index >= 15 is 0 Å². The molecule has 0 bridgehead atoms. The molecule has 14 heavy (non-hydrogen) atoms. The molecule has 0 unspecified atom stereocenters. The molecule has 74 valence electrons. The Morgan fingerprint density at radius 2 is 2.07 bits per heavy atom. The lowest BCUT2D eigenvalue weighted by atomic mass is 10.3. The second kappa shape index (κ2) is 3.47. The average Bonchev–Trinajstić information content (AvgIpc) is 2.57. The monoisotopic (exact) mass is 271 g/mol. The second-order valence-corrected chi connectivity index (χ2v) is 5.50. The highest BCUT2D eigenvalue weighted by molar-refractivity contribution is 9.11. The lowest BCUT2D eigenvalue weighted by Crippen LogP contribution is -1.86. The van der Waals surface area contributed by atoms with Crippen LogP contribution in [0.2, 0.25) is 0 Å². The van der Waals surface area contributed by atoms with Crippen LogP contribution < -0.4 is 0 Å². The molecular weight excluding hydrogens is 262 g/mol. The van der Waals surface area contributed by atoms with Gasteiger partial charge >= 0.3 is 0 Å². The number of halogens is 1. The number of nitrogens with zero attached hydrogens (tertiary/aromatic N) is 3. The van der Waals surface area contributed by atoms with Gasteiger partial charge in [-0.25, -0.2) is 4.98 Å². The number of rotatable bonds is 1. The van der Waals surface area contributed by atoms with Crippen molar-refractivity contribution in [2.75, 3.05) is 0 Å². The van der Waals surface area contributed by atoms with E-state index in [1.807, 2.05) is 31.8 Å². The number of aromatic nitrogens is 3. The van der Waals surface area contributed by atoms with Crippen LogP contribution in [0.3, 0.4) is 0 Å². The number of thiazole rings is 1. The largest absolute Gasteiger partial charge is 0.275 e. The highest BCUT2D eigenvalue weighted by Crippen LogP contribution is 2.32. The first kappa shape index (κ1) is 9.86. The molecule has 2 rings (SSSR count). The molecule has 0 aliphatic heterocycles. The third-order valence-electron chi connectivity index (χ3n) is 1.98. The summed E-state index contributed by atoms with van der Waals surface area (Å²) in [5.41, 5.74) is 3.17. The van der Waals surface area contributed by atoms with Crippen molar-refractivity contribution in [3.63, 3.8) is 0 Å². The van der Waals surface area contributed by atoms with Crippen molar-refractivity contribution in [3.05, 3.63) is 21.4 Å². The molecule has 3 nitrogen and oxygen atoms in total. The predicted octanol–water partition coefficient (Wildman–Crippen LogP) is 2.92. The molecule has 2 heterocycles. The summed E-state index contributed by atoms with van der Waals surface area (Å²) >= 11 is 5.12. The maximum atomic E-state index is 4.47. The van der Waals surface area contributed by atoms with Crippen LogP contribution >= 0.6 is 27.3 Å². The van der Waals surface area contributed by atoms with Gasteiger partial charge in [0.2, 0.25) is 0 Å². The van der Waals surface area contributed by atoms with Crippen LogP contribution in [0, 0.1) is 13.8 Å². The zero-order chi connectivity index (χ0) is 10.3. The Bertz CT molecular complexity index is 453. The van der Waals surface area contributed by atoms with Crippen LogP contribution in [0.4, 0.5) is 0 Å². The third kappa shape index (κ3) is 1.62. The Balaban J connectivity index is 2.54. The second-order valence-electron chi connectivity index (χ2n) is 3.18. The summed E-state index contributed by atoms with van der Waals surface area (Å²) in [6.07, 6.45) is 2.00. The van der Waals surface area contributed by atoms with E-state index in [2.05, 4.69) is 26.0 Å². The van der Waals surface area contributed by atoms with Crippen molar-refractivity contribution >= 4 is 27.3 Å². The van der Waals surface area contributed by atoms with Gasteiger partial charge in [0.15, 0.2) is 0 Å². The molecule has 0 N–H and O–H groups in total. The van der Waals surface area contributed by atoms with Gasteiger partial charge in [-0.05, 0) is 29.8 Å². The topological polar surface area (TPSA) is 30.7 Å². The maximum Gasteiger partial charge on any atom is 0.128 e. The van der Waals surface area contributed by atoms with E-state index in [1.54, 1.807) is 11.3 Å². The van der Waals surface area contributed by atoms with Crippen molar-refractivity contribution < 1.29 is 0 Å². The Morgan fingerprint density at radius 3 is 2.50 bits per heavy atom. The Kier molecular flexibility index (Phi) is 2.45. The summed E-state index contributed by atoms with van der Waals surface area (Å²) in [6, 6.07) is 0. The summed E-state index contributed by atoms with van der Waals surface area (Å²) in [5, 5.41) is 5.32. The van der Waals surface area contributed by atoms with Crippen LogP contribution in [0.25, 0.3) is 10.6 Å². The smallest absolute Gasteiger partial charge is 0.128 e. The molecule has 0 aliphatic rings. The summed E-state index contributed by atoms with van der Waals surface area (Å²) < 4.78 is 2.91. The van der Waals surface area contributed by atoms with E-state index < -0.39 is 0 Å². The number of hydrogen-bond acceptors (Lipinski definition) is 3. The van der Waals surface area contributed by atoms with E-state index in [4.69, 9.17) is 0 Å². The molecule has 0 aliphatic carbocycles. The van der Waals surface area contributed by atoms with Gasteiger partial charge in [0.25, 0.3) is 0 Å². The molecule has 2 aromatic heterocycles. The van der Waals surface area contributed by atoms with Gasteiger partial charge in [-0.15, -0.1) is 11.3 Å². The molecule has 0 spiro atoms. The first-order valence-corrected chi connectivity index (χ1v) is 5.82. The Hall–Kier alpha value is -0.680. The van der Waals surface area contributed by atoms with Gasteiger partial charge in [0, 0.05) is 13.2 Å². The average molecular weight is 272 g/mol. The van der Waals surface area contributed by atoms with Gasteiger partial charge in [0.1, 0.15) is 5.01 Å². The fraction of sp³-hybridized carbons (Fsp3) is 0.333. The summed E-state index contributed by atoms with van der Waals surface area (Å²) in [4.78, 5) is 4.47. The van der Waals surface area contributed by atoms with Gasteiger partial charge < -0.3 is 0 Å². The molecule has 0 fully saturated rings. The van der Waals surface area contributed by atoms with E-state index in [9.17, 15) is 0 Å². The predicted molar refractivity (Wildman–Crippen MR) is 61.5 cm³/mol. The van der Waals surface area contributed by atoms with Crippen LogP contribution in [0.5, 0.6) is 0 Å². The first-order chi connectivity index (χ1) is 6.58. The minimum atomic E-state index is 1.02. The Labute approximate surface area is 94.9 Å². The molecule has 5 heteroatoms. The number of aryl methyl sites for hydroxylation is 3. The van der Waals surface area contributed by atoms with E-state index in [0.29, 0.717) is 0 Å². The molecule has 0 amide bonds. The van der Waals surface area contributed by atoms with E-state index in [0.717, 1.165) is 25.7 Å². The SMILES string of the molecule is Cc1nn(C)cc1-c1nc(C)c(Br)s1. The van der Waals surface area contributed by atoms with Crippen LogP contribution in [0.1, 0.15) is 11.4 Å². The van der Waals surface area contributed by atoms with E-state index in [1.165, 1.54) is 0 Å².